The van der Waals surface area contributed by atoms with Crippen molar-refractivity contribution in [2.45, 2.75) is 76.4 Å². The van der Waals surface area contributed by atoms with E-state index in [1.807, 2.05) is 48.5 Å². The Bertz CT molecular complexity index is 2270. The predicted octanol–water partition coefficient (Wildman–Crippen LogP) is 7.96. The molecule has 3 aromatic heterocycles. The third kappa shape index (κ3) is 7.31. The molecule has 0 radical (unpaired) electrons. The topological polar surface area (TPSA) is 130 Å². The van der Waals surface area contributed by atoms with Crippen molar-refractivity contribution in [1.82, 2.24) is 44.8 Å². The summed E-state index contributed by atoms with van der Waals surface area (Å²) in [6.45, 7) is 5.33. The molecule has 286 valence electrons. The first-order chi connectivity index (χ1) is 27.5. The number of nitrogens with zero attached hydrogens (tertiary/aromatic N) is 6. The summed E-state index contributed by atoms with van der Waals surface area (Å²) in [5, 5.41) is 7.17. The van der Waals surface area contributed by atoms with Gasteiger partial charge in [-0.05, 0) is 92.4 Å². The predicted molar refractivity (Wildman–Crippen MR) is 216 cm³/mol. The summed E-state index contributed by atoms with van der Waals surface area (Å²) in [5.74, 6) is 1.94. The number of likely N-dealkylation sites (tertiary alicyclic amines) is 3. The Morgan fingerprint density at radius 1 is 0.679 bits per heavy atom. The molecule has 11 nitrogen and oxygen atoms in total. The number of piperidine rings is 1. The first kappa shape index (κ1) is 35.9. The maximum atomic E-state index is 14.3. The maximum Gasteiger partial charge on any atom is 0.245 e. The van der Waals surface area contributed by atoms with Crippen molar-refractivity contribution in [2.24, 2.45) is 0 Å². The number of aryl methyl sites for hydroxylation is 1. The van der Waals surface area contributed by atoms with Crippen LogP contribution < -0.4 is 0 Å². The first-order valence-electron chi connectivity index (χ1n) is 20.2. The highest BCUT2D eigenvalue weighted by molar-refractivity contribution is 5.84. The Labute approximate surface area is 327 Å². The molecule has 1 unspecified atom stereocenters. The van der Waals surface area contributed by atoms with Crippen LogP contribution in [-0.4, -0.2) is 82.8 Å². The van der Waals surface area contributed by atoms with Crippen LogP contribution in [-0.2, 0) is 16.0 Å². The van der Waals surface area contributed by atoms with Crippen molar-refractivity contribution in [3.63, 3.8) is 0 Å². The van der Waals surface area contributed by atoms with Crippen LogP contribution in [0.15, 0.2) is 97.3 Å². The molecule has 0 spiro atoms. The third-order valence-electron chi connectivity index (χ3n) is 11.9. The molecular weight excluding hydrogens is 699 g/mol. The van der Waals surface area contributed by atoms with Gasteiger partial charge >= 0.3 is 0 Å². The highest BCUT2D eigenvalue weighted by Gasteiger charge is 2.39. The van der Waals surface area contributed by atoms with E-state index in [-0.39, 0.29) is 36.4 Å². The zero-order valence-corrected chi connectivity index (χ0v) is 32.0. The Morgan fingerprint density at radius 2 is 1.23 bits per heavy atom. The first-order valence-corrected chi connectivity index (χ1v) is 20.2. The highest BCUT2D eigenvalue weighted by atomic mass is 16.2. The van der Waals surface area contributed by atoms with Crippen molar-refractivity contribution < 1.29 is 9.59 Å². The Kier molecular flexibility index (Phi) is 10.1. The number of carbonyl (C=O) groups excluding carboxylic acids is 2. The second kappa shape index (κ2) is 15.7. The molecule has 6 aromatic rings. The highest BCUT2D eigenvalue weighted by Crippen LogP contribution is 2.37. The van der Waals surface area contributed by atoms with Crippen LogP contribution in [0.1, 0.15) is 91.7 Å². The molecule has 6 heterocycles. The number of hydrogen-bond acceptors (Lipinski definition) is 6. The van der Waals surface area contributed by atoms with Gasteiger partial charge in [0.2, 0.25) is 11.8 Å². The second-order valence-corrected chi connectivity index (χ2v) is 15.6. The number of hydrogen-bond donors (Lipinski definition) is 3. The standard InChI is InChI=1S/C45H49N9O2/c1-30-26-36(51-50-30)27-41(55)53-24-8-12-39(53)43-46-28-37(48-43)33-18-14-31(15-19-33)32-16-20-34(21-17-32)38-29-47-44(49-38)40-13-9-25-54(40)45(56)42(35-10-4-2-5-11-35)52-22-6-3-7-23-52/h2,4-5,10-11,14-21,26,28-29,39-40,42H,3,6-9,12-13,22-25,27H2,1H3,(H,46,48)(H,47,49)(H,50,51)/t39-,40-,42?/m0/s1. The van der Waals surface area contributed by atoms with Gasteiger partial charge in [-0.3, -0.25) is 19.6 Å². The molecule has 3 saturated heterocycles. The Morgan fingerprint density at radius 3 is 1.80 bits per heavy atom. The number of amides is 2. The van der Waals surface area contributed by atoms with Crippen molar-refractivity contribution in [3.8, 4) is 33.6 Å². The van der Waals surface area contributed by atoms with Crippen LogP contribution in [0.3, 0.4) is 0 Å². The average molecular weight is 748 g/mol. The number of nitrogens with one attached hydrogen (secondary N) is 3. The van der Waals surface area contributed by atoms with Gasteiger partial charge < -0.3 is 19.8 Å². The van der Waals surface area contributed by atoms with E-state index in [1.165, 1.54) is 6.42 Å². The normalized spacial score (nSPS) is 19.4. The number of aromatic amines is 3. The summed E-state index contributed by atoms with van der Waals surface area (Å²) >= 11 is 0. The van der Waals surface area contributed by atoms with Gasteiger partial charge in [-0.1, -0.05) is 85.3 Å². The molecule has 0 aliphatic carbocycles. The van der Waals surface area contributed by atoms with Crippen LogP contribution in [0.4, 0.5) is 0 Å². The van der Waals surface area contributed by atoms with Gasteiger partial charge in [0.15, 0.2) is 0 Å². The molecule has 2 amide bonds. The summed E-state index contributed by atoms with van der Waals surface area (Å²) in [6.07, 6.45) is 11.3. The fourth-order valence-electron chi connectivity index (χ4n) is 8.95. The minimum atomic E-state index is -0.256. The summed E-state index contributed by atoms with van der Waals surface area (Å²) in [5.41, 5.74) is 9.02. The molecular formula is C45H49N9O2. The molecule has 3 aliphatic heterocycles. The van der Waals surface area contributed by atoms with Crippen molar-refractivity contribution in [1.29, 1.82) is 0 Å². The van der Waals surface area contributed by atoms with Gasteiger partial charge in [0, 0.05) is 18.8 Å². The summed E-state index contributed by atoms with van der Waals surface area (Å²) in [4.78, 5) is 50.5. The Balaban J connectivity index is 0.856. The van der Waals surface area contributed by atoms with Crippen LogP contribution in [0.25, 0.3) is 33.6 Å². The largest absolute Gasteiger partial charge is 0.340 e. The number of rotatable bonds is 10. The van der Waals surface area contributed by atoms with Crippen molar-refractivity contribution >= 4 is 11.8 Å². The Hall–Kier alpha value is -5.81. The van der Waals surface area contributed by atoms with E-state index in [1.54, 1.807) is 0 Å². The monoisotopic (exact) mass is 747 g/mol. The van der Waals surface area contributed by atoms with Crippen LogP contribution in [0.5, 0.6) is 0 Å². The fourth-order valence-corrected chi connectivity index (χ4v) is 8.95. The van der Waals surface area contributed by atoms with Crippen molar-refractivity contribution in [2.75, 3.05) is 26.2 Å². The van der Waals surface area contributed by atoms with Crippen LogP contribution in [0.2, 0.25) is 0 Å². The molecule has 0 saturated carbocycles. The number of benzene rings is 3. The number of imidazole rings is 2. The van der Waals surface area contributed by atoms with Crippen LogP contribution in [0, 0.1) is 6.92 Å². The minimum absolute atomic E-state index is 0.0592. The lowest BCUT2D eigenvalue weighted by molar-refractivity contribution is -0.139. The van der Waals surface area contributed by atoms with Gasteiger partial charge in [-0.25, -0.2) is 9.97 Å². The molecule has 3 fully saturated rings. The minimum Gasteiger partial charge on any atom is -0.340 e. The third-order valence-corrected chi connectivity index (χ3v) is 11.9. The lowest BCUT2D eigenvalue weighted by Crippen LogP contribution is -2.44. The average Bonchev–Trinajstić information content (AvgIpc) is 4.09. The maximum absolute atomic E-state index is 14.3. The van der Waals surface area contributed by atoms with Gasteiger partial charge in [0.05, 0.1) is 48.0 Å². The summed E-state index contributed by atoms with van der Waals surface area (Å²) in [6, 6.07) is 28.9. The van der Waals surface area contributed by atoms with E-state index in [9.17, 15) is 9.59 Å². The van der Waals surface area contributed by atoms with Crippen LogP contribution >= 0.6 is 0 Å². The summed E-state index contributed by atoms with van der Waals surface area (Å²) in [7, 11) is 0. The van der Waals surface area contributed by atoms with Gasteiger partial charge in [-0.2, -0.15) is 5.10 Å². The molecule has 11 heteroatoms. The molecule has 3 atom stereocenters. The van der Waals surface area contributed by atoms with E-state index in [0.717, 1.165) is 127 Å². The molecule has 3 N–H and O–H groups in total. The van der Waals surface area contributed by atoms with E-state index in [4.69, 9.17) is 9.97 Å². The van der Waals surface area contributed by atoms with E-state index < -0.39 is 0 Å². The smallest absolute Gasteiger partial charge is 0.245 e. The SMILES string of the molecule is Cc1cc(CC(=O)N2CCC[C@H]2c2ncc(-c3ccc(-c4ccc(-c5cnc([C@@H]6CCCN6C(=O)C(c6ccccc6)N6CCCCC6)[nH]5)cc4)cc3)[nH]2)n[nH]1. The van der Waals surface area contributed by atoms with E-state index in [2.05, 4.69) is 90.6 Å². The lowest BCUT2D eigenvalue weighted by Gasteiger charge is -2.37. The summed E-state index contributed by atoms with van der Waals surface area (Å²) < 4.78 is 0. The zero-order valence-electron chi connectivity index (χ0n) is 32.0. The van der Waals surface area contributed by atoms with Gasteiger partial charge in [-0.15, -0.1) is 0 Å². The van der Waals surface area contributed by atoms with E-state index in [0.29, 0.717) is 0 Å². The molecule has 3 aliphatic rings. The number of aromatic nitrogens is 6. The molecule has 3 aromatic carbocycles. The lowest BCUT2D eigenvalue weighted by atomic mass is 10.00. The van der Waals surface area contributed by atoms with Crippen molar-refractivity contribution in [3.05, 3.63) is 126 Å². The zero-order chi connectivity index (χ0) is 38.0. The van der Waals surface area contributed by atoms with E-state index >= 15 is 0 Å². The fraction of sp³-hybridized carbons (Fsp3) is 0.356. The van der Waals surface area contributed by atoms with Gasteiger partial charge in [0.1, 0.15) is 17.7 Å². The van der Waals surface area contributed by atoms with Gasteiger partial charge in [0.25, 0.3) is 0 Å². The molecule has 56 heavy (non-hydrogen) atoms. The number of H-pyrrole nitrogens is 3. The molecule has 0 bridgehead atoms. The number of carbonyl (C=O) groups is 2. The molecule has 9 rings (SSSR count). The quantitative estimate of drug-likeness (QED) is 0.130. The second-order valence-electron chi connectivity index (χ2n) is 15.6.